The fourth-order valence-electron chi connectivity index (χ4n) is 7.67. The summed E-state index contributed by atoms with van der Waals surface area (Å²) in [5, 5.41) is 2.14. The van der Waals surface area contributed by atoms with Gasteiger partial charge in [0.25, 0.3) is 6.33 Å². The lowest BCUT2D eigenvalue weighted by Gasteiger charge is -2.20. The molecule has 0 radical (unpaired) electrons. The lowest BCUT2D eigenvalue weighted by atomic mass is 9.88. The second-order valence-corrected chi connectivity index (χ2v) is 15.0. The number of rotatable bonds is 7. The molecule has 3 aromatic heterocycles. The predicted octanol–water partition coefficient (Wildman–Crippen LogP) is 12.9. The van der Waals surface area contributed by atoms with Gasteiger partial charge in [-0.25, -0.2) is 4.98 Å². The lowest BCUT2D eigenvalue weighted by molar-refractivity contribution is -0.567. The molecule has 1 aliphatic carbocycles. The molecule has 1 aliphatic rings. The van der Waals surface area contributed by atoms with E-state index in [-0.39, 0.29) is 39.9 Å². The standard InChI is InChI=1S/C52H43N4O/c1-52(2,3)38-30-31-53-50(32-38)56-46-25-11-10-22-44(46)45-29-28-41(34-49(45)56)57-40-21-14-20-39(33-40)54-35-55(48-27-13-12-26-47(48)54)51-42(36-16-6-4-7-17-36)23-15-24-43(51)37-18-8-5-9-19-37/h4-8,10-18,20-35H,9,19H2,1-3H3/q+1/i4D,5D,6D,7D,8D,9D,16D,18D,19D2. The van der Waals surface area contributed by atoms with Gasteiger partial charge >= 0.3 is 0 Å². The largest absolute Gasteiger partial charge is 0.457 e. The molecule has 1 unspecified atom stereocenters. The number of nitrogens with zero attached hydrogens (tertiary/aromatic N) is 4. The highest BCUT2D eigenvalue weighted by Gasteiger charge is 2.26. The molecule has 0 bridgehead atoms. The molecule has 0 spiro atoms. The van der Waals surface area contributed by atoms with E-state index in [1.165, 1.54) is 6.07 Å². The maximum Gasteiger partial charge on any atom is 0.255 e. The molecule has 6 aromatic carbocycles. The van der Waals surface area contributed by atoms with E-state index >= 15 is 0 Å². The van der Waals surface area contributed by atoms with Crippen LogP contribution in [-0.4, -0.2) is 14.1 Å². The predicted molar refractivity (Wildman–Crippen MR) is 234 cm³/mol. The topological polar surface area (TPSA) is 35.9 Å². The van der Waals surface area contributed by atoms with Crippen LogP contribution in [0.1, 0.15) is 58.4 Å². The summed E-state index contributed by atoms with van der Waals surface area (Å²) in [4.78, 5) is 4.82. The molecule has 1 atom stereocenters. The zero-order valence-electron chi connectivity index (χ0n) is 41.6. The Morgan fingerprint density at radius 3 is 2.46 bits per heavy atom. The highest BCUT2D eigenvalue weighted by Crippen LogP contribution is 2.39. The molecule has 5 heteroatoms. The number of benzene rings is 6. The number of allylic oxidation sites excluding steroid dienone is 4. The summed E-state index contributed by atoms with van der Waals surface area (Å²) in [6.07, 6.45) is -0.751. The van der Waals surface area contributed by atoms with Crippen LogP contribution in [0.25, 0.3) is 66.7 Å². The highest BCUT2D eigenvalue weighted by atomic mass is 16.5. The number of para-hydroxylation sites is 4. The van der Waals surface area contributed by atoms with Gasteiger partial charge in [-0.3, -0.25) is 4.57 Å². The van der Waals surface area contributed by atoms with Crippen LogP contribution in [0, 0.1) is 0 Å². The summed E-state index contributed by atoms with van der Waals surface area (Å²) in [6.45, 7) is 6.54. The van der Waals surface area contributed by atoms with E-state index < -0.39 is 43.0 Å². The molecule has 0 saturated carbocycles. The van der Waals surface area contributed by atoms with Crippen molar-refractivity contribution in [3.8, 4) is 39.8 Å². The van der Waals surface area contributed by atoms with E-state index in [0.717, 1.165) is 33.2 Å². The maximum absolute atomic E-state index is 9.14. The first-order valence-electron chi connectivity index (χ1n) is 23.9. The average molecular weight is 750 g/mol. The fourth-order valence-corrected chi connectivity index (χ4v) is 7.67. The molecule has 0 amide bonds. The Kier molecular flexibility index (Phi) is 6.17. The molecular formula is C52H43N4O+. The first kappa shape index (κ1) is 25.2. The van der Waals surface area contributed by atoms with Crippen molar-refractivity contribution >= 4 is 38.4 Å². The van der Waals surface area contributed by atoms with Gasteiger partial charge in [-0.1, -0.05) is 124 Å². The van der Waals surface area contributed by atoms with Crippen molar-refractivity contribution in [3.63, 3.8) is 0 Å². The van der Waals surface area contributed by atoms with Crippen molar-refractivity contribution in [2.75, 3.05) is 0 Å². The molecule has 0 aliphatic heterocycles. The Morgan fingerprint density at radius 2 is 1.54 bits per heavy atom. The number of aromatic nitrogens is 4. The number of imidazole rings is 1. The van der Waals surface area contributed by atoms with E-state index in [1.54, 1.807) is 29.1 Å². The second-order valence-electron chi connectivity index (χ2n) is 15.0. The molecule has 0 fully saturated rings. The summed E-state index contributed by atoms with van der Waals surface area (Å²) in [7, 11) is 0. The molecule has 3 heterocycles. The van der Waals surface area contributed by atoms with Crippen molar-refractivity contribution in [1.82, 2.24) is 14.1 Å². The van der Waals surface area contributed by atoms with E-state index in [9.17, 15) is 0 Å². The fraction of sp³-hybridized carbons (Fsp3) is 0.115. The smallest absolute Gasteiger partial charge is 0.255 e. The Labute approximate surface area is 347 Å². The first-order valence-corrected chi connectivity index (χ1v) is 18.8. The number of fused-ring (bicyclic) bond motifs is 4. The lowest BCUT2D eigenvalue weighted by Crippen LogP contribution is -2.28. The quantitative estimate of drug-likeness (QED) is 0.152. The molecule has 0 saturated heterocycles. The number of hydrogen-bond donors (Lipinski definition) is 0. The van der Waals surface area contributed by atoms with Gasteiger partial charge in [0.05, 0.1) is 20.6 Å². The van der Waals surface area contributed by atoms with Crippen molar-refractivity contribution in [2.24, 2.45) is 0 Å². The zero-order valence-corrected chi connectivity index (χ0v) is 31.6. The molecule has 57 heavy (non-hydrogen) atoms. The minimum Gasteiger partial charge on any atom is -0.457 e. The van der Waals surface area contributed by atoms with Crippen LogP contribution in [0.4, 0.5) is 0 Å². The molecular weight excluding hydrogens is 697 g/mol. The number of pyridine rings is 1. The van der Waals surface area contributed by atoms with Crippen LogP contribution in [-0.2, 0) is 5.41 Å². The van der Waals surface area contributed by atoms with Crippen LogP contribution in [0.2, 0.25) is 0 Å². The van der Waals surface area contributed by atoms with Crippen molar-refractivity contribution in [1.29, 1.82) is 0 Å². The third-order valence-electron chi connectivity index (χ3n) is 10.4. The molecule has 10 rings (SSSR count). The van der Waals surface area contributed by atoms with E-state index in [0.29, 0.717) is 33.8 Å². The zero-order chi connectivity index (χ0) is 47.3. The Balaban J connectivity index is 1.14. The van der Waals surface area contributed by atoms with Crippen molar-refractivity contribution in [3.05, 3.63) is 193 Å². The SMILES string of the molecule is [2H]C1=C([2H])C([2H])C([2H])([2H])C(c2cccc(-c3cc([2H])c([2H])c([2H])c3[2H])c2-n2c[n+](-c3cccc(Oc4ccc5c6ccccc6n(-c6cc(C(C)(C)C)ccn6)c5c4)c3)c3ccccc32)=C1[2H]. The summed E-state index contributed by atoms with van der Waals surface area (Å²) in [5.74, 6) is 1.95. The molecule has 0 N–H and O–H groups in total. The van der Waals surface area contributed by atoms with Crippen LogP contribution in [0.15, 0.2) is 182 Å². The number of ether oxygens (including phenoxy) is 1. The van der Waals surface area contributed by atoms with E-state index in [2.05, 4.69) is 49.6 Å². The summed E-state index contributed by atoms with van der Waals surface area (Å²) in [6, 6.07) is 36.5. The van der Waals surface area contributed by atoms with Crippen LogP contribution in [0.3, 0.4) is 0 Å². The van der Waals surface area contributed by atoms with Gasteiger partial charge in [0, 0.05) is 44.3 Å². The summed E-state index contributed by atoms with van der Waals surface area (Å²) in [5.41, 5.74) is 5.61. The van der Waals surface area contributed by atoms with Crippen molar-refractivity contribution < 1.29 is 23.0 Å². The van der Waals surface area contributed by atoms with Gasteiger partial charge in [-0.15, -0.1) is 0 Å². The van der Waals surface area contributed by atoms with Gasteiger partial charge in [0.15, 0.2) is 11.0 Å². The summed E-state index contributed by atoms with van der Waals surface area (Å²) >= 11 is 0. The monoisotopic (exact) mass is 749 g/mol. The second kappa shape index (κ2) is 13.9. The normalized spacial score (nSPS) is 18.3. The Bertz CT molecular complexity index is 3580. The minimum absolute atomic E-state index is 0.0819. The maximum atomic E-state index is 9.14. The molecule has 5 nitrogen and oxygen atoms in total. The molecule has 276 valence electrons. The Hall–Kier alpha value is -6.98. The number of hydrogen-bond acceptors (Lipinski definition) is 2. The first-order chi connectivity index (χ1) is 31.9. The van der Waals surface area contributed by atoms with E-state index in [1.807, 2.05) is 89.6 Å². The average Bonchev–Trinajstić information content (AvgIpc) is 3.86. The van der Waals surface area contributed by atoms with Gasteiger partial charge in [0.2, 0.25) is 0 Å². The Morgan fingerprint density at radius 1 is 0.737 bits per heavy atom. The van der Waals surface area contributed by atoms with Crippen LogP contribution >= 0.6 is 0 Å². The van der Waals surface area contributed by atoms with Gasteiger partial charge in [-0.05, 0) is 89.5 Å². The van der Waals surface area contributed by atoms with E-state index in [4.69, 9.17) is 23.4 Å². The van der Waals surface area contributed by atoms with Gasteiger partial charge in [0.1, 0.15) is 28.7 Å². The highest BCUT2D eigenvalue weighted by molar-refractivity contribution is 6.09. The molecule has 9 aromatic rings. The minimum atomic E-state index is -2.59. The van der Waals surface area contributed by atoms with Crippen molar-refractivity contribution in [2.45, 2.75) is 39.0 Å². The third-order valence-corrected chi connectivity index (χ3v) is 10.4. The van der Waals surface area contributed by atoms with Crippen LogP contribution in [0.5, 0.6) is 11.5 Å². The third kappa shape index (κ3) is 6.22. The van der Waals surface area contributed by atoms with Gasteiger partial charge < -0.3 is 4.74 Å². The van der Waals surface area contributed by atoms with Crippen LogP contribution < -0.4 is 9.30 Å². The van der Waals surface area contributed by atoms with Gasteiger partial charge in [-0.2, -0.15) is 9.13 Å². The summed E-state index contributed by atoms with van der Waals surface area (Å²) < 4.78 is 99.8.